The molecule has 1 aromatic carbocycles. The van der Waals surface area contributed by atoms with Gasteiger partial charge in [0.25, 0.3) is 0 Å². The molecule has 0 saturated carbocycles. The molecule has 0 saturated heterocycles. The Labute approximate surface area is 132 Å². The summed E-state index contributed by atoms with van der Waals surface area (Å²) >= 11 is 0. The van der Waals surface area contributed by atoms with Crippen molar-refractivity contribution in [3.8, 4) is 5.75 Å². The monoisotopic (exact) mass is 309 g/mol. The number of nitrogens with zero attached hydrogens (tertiary/aromatic N) is 1. The van der Waals surface area contributed by atoms with Gasteiger partial charge in [-0.1, -0.05) is 30.3 Å². The van der Waals surface area contributed by atoms with E-state index in [-0.39, 0.29) is 34.6 Å². The molecule has 23 heavy (non-hydrogen) atoms. The summed E-state index contributed by atoms with van der Waals surface area (Å²) in [6.07, 6.45) is 1.61. The number of hydrogen-bond donors (Lipinski definition) is 1. The SMILES string of the molecule is CC(=O)CC(c1ccccc1)c1c(O)c2ncccc2oc1=O. The second kappa shape index (κ2) is 6.04. The van der Waals surface area contributed by atoms with Crippen molar-refractivity contribution in [3.63, 3.8) is 0 Å². The molecule has 3 rings (SSSR count). The topological polar surface area (TPSA) is 80.4 Å². The molecule has 2 heterocycles. The van der Waals surface area contributed by atoms with Gasteiger partial charge in [-0.15, -0.1) is 0 Å². The van der Waals surface area contributed by atoms with Gasteiger partial charge in [0, 0.05) is 18.5 Å². The van der Waals surface area contributed by atoms with Crippen molar-refractivity contribution in [2.24, 2.45) is 0 Å². The average molecular weight is 309 g/mol. The first-order valence-electron chi connectivity index (χ1n) is 7.23. The molecule has 116 valence electrons. The molecule has 0 amide bonds. The highest BCUT2D eigenvalue weighted by Gasteiger charge is 2.26. The zero-order valence-corrected chi connectivity index (χ0v) is 12.5. The molecule has 1 atom stereocenters. The summed E-state index contributed by atoms with van der Waals surface area (Å²) in [5.41, 5.74) is 0.608. The summed E-state index contributed by atoms with van der Waals surface area (Å²) in [5, 5.41) is 10.5. The van der Waals surface area contributed by atoms with E-state index in [9.17, 15) is 14.7 Å². The summed E-state index contributed by atoms with van der Waals surface area (Å²) < 4.78 is 5.27. The first-order chi connectivity index (χ1) is 11.1. The maximum atomic E-state index is 12.4. The van der Waals surface area contributed by atoms with Gasteiger partial charge < -0.3 is 9.52 Å². The third kappa shape index (κ3) is 2.85. The number of rotatable bonds is 4. The minimum Gasteiger partial charge on any atom is -0.505 e. The lowest BCUT2D eigenvalue weighted by Gasteiger charge is -2.17. The predicted octanol–water partition coefficient (Wildman–Crippen LogP) is 3.00. The second-order valence-electron chi connectivity index (χ2n) is 5.37. The number of aromatic nitrogens is 1. The van der Waals surface area contributed by atoms with Gasteiger partial charge in [-0.25, -0.2) is 9.78 Å². The largest absolute Gasteiger partial charge is 0.505 e. The lowest BCUT2D eigenvalue weighted by atomic mass is 9.87. The molecule has 5 nitrogen and oxygen atoms in total. The number of benzene rings is 1. The number of fused-ring (bicyclic) bond motifs is 1. The molecule has 0 aliphatic heterocycles. The third-order valence-corrected chi connectivity index (χ3v) is 3.71. The molecule has 0 aliphatic carbocycles. The van der Waals surface area contributed by atoms with Gasteiger partial charge in [-0.05, 0) is 24.6 Å². The van der Waals surface area contributed by atoms with Gasteiger partial charge in [0.15, 0.2) is 11.3 Å². The highest BCUT2D eigenvalue weighted by atomic mass is 16.4. The summed E-state index contributed by atoms with van der Waals surface area (Å²) in [7, 11) is 0. The van der Waals surface area contributed by atoms with Crippen LogP contribution in [0, 0.1) is 0 Å². The van der Waals surface area contributed by atoms with E-state index in [0.717, 1.165) is 5.56 Å². The van der Waals surface area contributed by atoms with Gasteiger partial charge in [-0.2, -0.15) is 0 Å². The fraction of sp³-hybridized carbons (Fsp3) is 0.167. The van der Waals surface area contributed by atoms with Crippen molar-refractivity contribution in [3.05, 3.63) is 70.2 Å². The van der Waals surface area contributed by atoms with Crippen molar-refractivity contribution in [2.45, 2.75) is 19.3 Å². The van der Waals surface area contributed by atoms with Crippen LogP contribution in [0.15, 0.2) is 57.9 Å². The van der Waals surface area contributed by atoms with Crippen molar-refractivity contribution >= 4 is 16.9 Å². The maximum absolute atomic E-state index is 12.4. The van der Waals surface area contributed by atoms with E-state index in [4.69, 9.17) is 4.42 Å². The molecular weight excluding hydrogens is 294 g/mol. The Hall–Kier alpha value is -2.95. The zero-order valence-electron chi connectivity index (χ0n) is 12.5. The fourth-order valence-corrected chi connectivity index (χ4v) is 2.70. The zero-order chi connectivity index (χ0) is 16.4. The molecule has 1 unspecified atom stereocenters. The van der Waals surface area contributed by atoms with E-state index < -0.39 is 11.5 Å². The van der Waals surface area contributed by atoms with Crippen LogP contribution in [-0.4, -0.2) is 15.9 Å². The standard InChI is InChI=1S/C18H15NO4/c1-11(20)10-13(12-6-3-2-4-7-12)15-17(21)16-14(23-18(15)22)8-5-9-19-16/h2-9,13,21H,10H2,1H3. The van der Waals surface area contributed by atoms with Crippen LogP contribution in [0.3, 0.4) is 0 Å². The predicted molar refractivity (Wildman–Crippen MR) is 85.5 cm³/mol. The molecule has 0 bridgehead atoms. The van der Waals surface area contributed by atoms with Crippen LogP contribution in [0.1, 0.15) is 30.4 Å². The first kappa shape index (κ1) is 15.0. The summed E-state index contributed by atoms with van der Waals surface area (Å²) in [4.78, 5) is 28.1. The van der Waals surface area contributed by atoms with Crippen LogP contribution < -0.4 is 5.63 Å². The van der Waals surface area contributed by atoms with E-state index in [1.54, 1.807) is 12.1 Å². The molecule has 0 fully saturated rings. The number of ketones is 1. The number of carbonyl (C=O) groups excluding carboxylic acids is 1. The van der Waals surface area contributed by atoms with Crippen LogP contribution in [-0.2, 0) is 4.79 Å². The van der Waals surface area contributed by atoms with Crippen LogP contribution in [0.4, 0.5) is 0 Å². The molecule has 0 radical (unpaired) electrons. The van der Waals surface area contributed by atoms with Crippen molar-refractivity contribution in [1.82, 2.24) is 4.98 Å². The van der Waals surface area contributed by atoms with E-state index >= 15 is 0 Å². The third-order valence-electron chi connectivity index (χ3n) is 3.71. The number of pyridine rings is 1. The van der Waals surface area contributed by atoms with Crippen LogP contribution >= 0.6 is 0 Å². The van der Waals surface area contributed by atoms with Gasteiger partial charge in [0.1, 0.15) is 11.3 Å². The number of carbonyl (C=O) groups is 1. The minimum absolute atomic E-state index is 0.0672. The van der Waals surface area contributed by atoms with Gasteiger partial charge in [0.2, 0.25) is 0 Å². The molecule has 2 aromatic heterocycles. The van der Waals surface area contributed by atoms with Crippen molar-refractivity contribution < 1.29 is 14.3 Å². The highest BCUT2D eigenvalue weighted by molar-refractivity contribution is 5.81. The molecule has 0 spiro atoms. The first-order valence-corrected chi connectivity index (χ1v) is 7.23. The van der Waals surface area contributed by atoms with Gasteiger partial charge >= 0.3 is 5.63 Å². The van der Waals surface area contributed by atoms with Crippen LogP contribution in [0.2, 0.25) is 0 Å². The Morgan fingerprint density at radius 1 is 1.22 bits per heavy atom. The number of aromatic hydroxyl groups is 1. The number of Topliss-reactive ketones (excluding diaryl/α,β-unsaturated/α-hetero) is 1. The quantitative estimate of drug-likeness (QED) is 0.801. The summed E-state index contributed by atoms with van der Waals surface area (Å²) in [5.74, 6) is -0.887. The van der Waals surface area contributed by atoms with E-state index in [1.807, 2.05) is 30.3 Å². The van der Waals surface area contributed by atoms with Crippen molar-refractivity contribution in [1.29, 1.82) is 0 Å². The molecule has 5 heteroatoms. The highest BCUT2D eigenvalue weighted by Crippen LogP contribution is 2.35. The maximum Gasteiger partial charge on any atom is 0.343 e. The van der Waals surface area contributed by atoms with Crippen molar-refractivity contribution in [2.75, 3.05) is 0 Å². The Morgan fingerprint density at radius 2 is 1.96 bits per heavy atom. The van der Waals surface area contributed by atoms with Crippen LogP contribution in [0.25, 0.3) is 11.1 Å². The molecule has 1 N–H and O–H groups in total. The molecular formula is C18H15NO4. The smallest absolute Gasteiger partial charge is 0.343 e. The summed E-state index contributed by atoms with van der Waals surface area (Å²) in [6, 6.07) is 12.3. The minimum atomic E-state index is -0.655. The fourth-order valence-electron chi connectivity index (χ4n) is 2.70. The molecule has 3 aromatic rings. The number of hydrogen-bond acceptors (Lipinski definition) is 5. The summed E-state index contributed by atoms with van der Waals surface area (Å²) in [6.45, 7) is 1.45. The lowest BCUT2D eigenvalue weighted by Crippen LogP contribution is -2.16. The Kier molecular flexibility index (Phi) is 3.93. The van der Waals surface area contributed by atoms with Crippen LogP contribution in [0.5, 0.6) is 5.75 Å². The van der Waals surface area contributed by atoms with Gasteiger partial charge in [-0.3, -0.25) is 4.79 Å². The second-order valence-corrected chi connectivity index (χ2v) is 5.37. The van der Waals surface area contributed by atoms with E-state index in [2.05, 4.69) is 4.98 Å². The van der Waals surface area contributed by atoms with E-state index in [1.165, 1.54) is 13.1 Å². The van der Waals surface area contributed by atoms with E-state index in [0.29, 0.717) is 0 Å². The normalized spacial score (nSPS) is 12.2. The average Bonchev–Trinajstić information content (AvgIpc) is 2.54. The van der Waals surface area contributed by atoms with Gasteiger partial charge in [0.05, 0.1) is 5.56 Å². The Balaban J connectivity index is 2.26. The Bertz CT molecular complexity index is 915. The molecule has 0 aliphatic rings. The lowest BCUT2D eigenvalue weighted by molar-refractivity contribution is -0.117. The Morgan fingerprint density at radius 3 is 2.65 bits per heavy atom.